The summed E-state index contributed by atoms with van der Waals surface area (Å²) in [6.07, 6.45) is 6.81. The second-order valence-electron chi connectivity index (χ2n) is 7.60. The molecule has 0 aliphatic rings. The minimum atomic E-state index is -0.493. The van der Waals surface area contributed by atoms with E-state index in [9.17, 15) is 9.59 Å². The van der Waals surface area contributed by atoms with Crippen LogP contribution in [0.25, 0.3) is 0 Å². The van der Waals surface area contributed by atoms with Crippen LogP contribution in [0.2, 0.25) is 0 Å². The molecule has 0 aliphatic carbocycles. The van der Waals surface area contributed by atoms with Crippen LogP contribution in [0.1, 0.15) is 91.5 Å². The summed E-state index contributed by atoms with van der Waals surface area (Å²) in [5, 5.41) is 0. The fourth-order valence-electron chi connectivity index (χ4n) is 2.99. The van der Waals surface area contributed by atoms with Gasteiger partial charge in [0, 0.05) is 0 Å². The topological polar surface area (TPSA) is 52.6 Å². The van der Waals surface area contributed by atoms with Crippen LogP contribution in [0.15, 0.2) is 48.5 Å². The Kier molecular flexibility index (Phi) is 9.42. The third-order valence-electron chi connectivity index (χ3n) is 4.82. The van der Waals surface area contributed by atoms with Crippen molar-refractivity contribution in [3.8, 4) is 5.75 Å². The molecule has 0 saturated carbocycles. The highest BCUT2D eigenvalue weighted by Gasteiger charge is 2.13. The summed E-state index contributed by atoms with van der Waals surface area (Å²) in [7, 11) is 0. The molecule has 0 saturated heterocycles. The maximum atomic E-state index is 12.4. The van der Waals surface area contributed by atoms with Gasteiger partial charge in [-0.1, -0.05) is 71.1 Å². The monoisotopic (exact) mass is 396 g/mol. The quantitative estimate of drug-likeness (QED) is 0.246. The van der Waals surface area contributed by atoms with Crippen molar-refractivity contribution in [1.29, 1.82) is 0 Å². The Balaban J connectivity index is 1.85. The summed E-state index contributed by atoms with van der Waals surface area (Å²) < 4.78 is 10.8. The van der Waals surface area contributed by atoms with Gasteiger partial charge in [0.2, 0.25) is 0 Å². The van der Waals surface area contributed by atoms with Crippen LogP contribution in [-0.2, 0) is 4.74 Å². The molecule has 4 nitrogen and oxygen atoms in total. The van der Waals surface area contributed by atoms with Crippen molar-refractivity contribution in [2.75, 3.05) is 6.61 Å². The van der Waals surface area contributed by atoms with Gasteiger partial charge in [-0.15, -0.1) is 0 Å². The fourth-order valence-corrected chi connectivity index (χ4v) is 2.99. The van der Waals surface area contributed by atoms with Gasteiger partial charge in [0.25, 0.3) is 0 Å². The second kappa shape index (κ2) is 12.1. The average Bonchev–Trinajstić information content (AvgIpc) is 2.73. The summed E-state index contributed by atoms with van der Waals surface area (Å²) in [5.74, 6) is -0.00314. The van der Waals surface area contributed by atoms with E-state index < -0.39 is 11.9 Å². The van der Waals surface area contributed by atoms with Gasteiger partial charge in [0.15, 0.2) is 0 Å². The van der Waals surface area contributed by atoms with Crippen LogP contribution in [0.5, 0.6) is 5.75 Å². The Morgan fingerprint density at radius 1 is 0.828 bits per heavy atom. The predicted molar refractivity (Wildman–Crippen MR) is 116 cm³/mol. The lowest BCUT2D eigenvalue weighted by Gasteiger charge is -2.09. The summed E-state index contributed by atoms with van der Waals surface area (Å²) in [6, 6.07) is 13.9. The molecule has 0 fully saturated rings. The molecule has 2 aromatic rings. The third-order valence-corrected chi connectivity index (χ3v) is 4.82. The van der Waals surface area contributed by atoms with Crippen LogP contribution in [0.3, 0.4) is 0 Å². The molecule has 0 aliphatic heterocycles. The van der Waals surface area contributed by atoms with Gasteiger partial charge in [-0.3, -0.25) is 0 Å². The molecule has 4 heteroatoms. The van der Waals surface area contributed by atoms with Gasteiger partial charge in [-0.05, 0) is 48.2 Å². The summed E-state index contributed by atoms with van der Waals surface area (Å²) in [4.78, 5) is 24.7. The van der Waals surface area contributed by atoms with Gasteiger partial charge < -0.3 is 9.47 Å². The number of hydrogen-bond donors (Lipinski definition) is 0. The Bertz CT molecular complexity index is 778. The highest BCUT2D eigenvalue weighted by Crippen LogP contribution is 2.20. The molecular formula is C25H32O4. The number of esters is 2. The van der Waals surface area contributed by atoms with E-state index in [0.29, 0.717) is 29.4 Å². The van der Waals surface area contributed by atoms with Crippen molar-refractivity contribution in [3.63, 3.8) is 0 Å². The van der Waals surface area contributed by atoms with Crippen molar-refractivity contribution in [3.05, 3.63) is 65.2 Å². The number of ether oxygens (including phenoxy) is 2. The van der Waals surface area contributed by atoms with Crippen LogP contribution in [-0.4, -0.2) is 18.5 Å². The first kappa shape index (κ1) is 22.7. The molecule has 0 amide bonds. The zero-order chi connectivity index (χ0) is 21.1. The van der Waals surface area contributed by atoms with Gasteiger partial charge in [0.05, 0.1) is 17.7 Å². The molecular weight excluding hydrogens is 364 g/mol. The molecule has 0 aromatic heterocycles. The average molecular weight is 397 g/mol. The predicted octanol–water partition coefficient (Wildman–Crippen LogP) is 6.55. The Morgan fingerprint density at radius 3 is 2.10 bits per heavy atom. The van der Waals surface area contributed by atoms with Crippen molar-refractivity contribution >= 4 is 11.9 Å². The minimum Gasteiger partial charge on any atom is -0.462 e. The SMILES string of the molecule is CCCCCCCCOC(=O)c1cccc(C(=O)Oc2ccc(C(C)C)cc2)c1. The first-order chi connectivity index (χ1) is 14.0. The number of hydrogen-bond acceptors (Lipinski definition) is 4. The lowest BCUT2D eigenvalue weighted by atomic mass is 10.0. The Morgan fingerprint density at radius 2 is 1.45 bits per heavy atom. The maximum absolute atomic E-state index is 12.4. The molecule has 0 bridgehead atoms. The highest BCUT2D eigenvalue weighted by atomic mass is 16.5. The second-order valence-corrected chi connectivity index (χ2v) is 7.60. The fraction of sp³-hybridized carbons (Fsp3) is 0.440. The lowest BCUT2D eigenvalue weighted by Crippen LogP contribution is -2.11. The summed E-state index contributed by atoms with van der Waals surface area (Å²) in [5.41, 5.74) is 1.87. The van der Waals surface area contributed by atoms with Gasteiger partial charge in [-0.2, -0.15) is 0 Å². The van der Waals surface area contributed by atoms with E-state index in [4.69, 9.17) is 9.47 Å². The smallest absolute Gasteiger partial charge is 0.343 e. The van der Waals surface area contributed by atoms with E-state index in [2.05, 4.69) is 20.8 Å². The van der Waals surface area contributed by atoms with Crippen molar-refractivity contribution in [1.82, 2.24) is 0 Å². The van der Waals surface area contributed by atoms with Crippen molar-refractivity contribution < 1.29 is 19.1 Å². The number of carbonyl (C=O) groups excluding carboxylic acids is 2. The molecule has 2 rings (SSSR count). The normalized spacial score (nSPS) is 10.8. The third kappa shape index (κ3) is 7.72. The van der Waals surface area contributed by atoms with E-state index >= 15 is 0 Å². The molecule has 156 valence electrons. The minimum absolute atomic E-state index is 0.326. The van der Waals surface area contributed by atoms with Crippen molar-refractivity contribution in [2.45, 2.75) is 65.2 Å². The molecule has 0 heterocycles. The molecule has 0 radical (unpaired) electrons. The summed E-state index contributed by atoms with van der Waals surface area (Å²) in [6.45, 7) is 6.81. The van der Waals surface area contributed by atoms with Crippen LogP contribution >= 0.6 is 0 Å². The largest absolute Gasteiger partial charge is 0.462 e. The molecule has 0 unspecified atom stereocenters. The van der Waals surface area contributed by atoms with Gasteiger partial charge in [0.1, 0.15) is 5.75 Å². The number of carbonyl (C=O) groups is 2. The van der Waals surface area contributed by atoms with E-state index in [1.807, 2.05) is 12.1 Å². The van der Waals surface area contributed by atoms with E-state index in [-0.39, 0.29) is 0 Å². The highest BCUT2D eigenvalue weighted by molar-refractivity contribution is 5.96. The number of benzene rings is 2. The Labute approximate surface area is 174 Å². The maximum Gasteiger partial charge on any atom is 0.343 e. The zero-order valence-corrected chi connectivity index (χ0v) is 17.8. The van der Waals surface area contributed by atoms with E-state index in [1.165, 1.54) is 37.3 Å². The standard InChI is InChI=1S/C25H32O4/c1-4-5-6-7-8-9-17-28-24(26)21-11-10-12-22(18-21)25(27)29-23-15-13-20(14-16-23)19(2)3/h10-16,18-19H,4-9,17H2,1-3H3. The molecule has 29 heavy (non-hydrogen) atoms. The number of rotatable bonds is 11. The van der Waals surface area contributed by atoms with Gasteiger partial charge in [-0.25, -0.2) is 9.59 Å². The lowest BCUT2D eigenvalue weighted by molar-refractivity contribution is 0.0497. The number of unbranched alkanes of at least 4 members (excludes halogenated alkanes) is 5. The van der Waals surface area contributed by atoms with Crippen LogP contribution in [0.4, 0.5) is 0 Å². The van der Waals surface area contributed by atoms with Crippen LogP contribution < -0.4 is 4.74 Å². The first-order valence-corrected chi connectivity index (χ1v) is 10.6. The van der Waals surface area contributed by atoms with Crippen LogP contribution in [0, 0.1) is 0 Å². The van der Waals surface area contributed by atoms with E-state index in [1.54, 1.807) is 30.3 Å². The molecule has 0 spiro atoms. The van der Waals surface area contributed by atoms with E-state index in [0.717, 1.165) is 12.8 Å². The molecule has 0 N–H and O–H groups in total. The van der Waals surface area contributed by atoms with Gasteiger partial charge >= 0.3 is 11.9 Å². The van der Waals surface area contributed by atoms with Crippen molar-refractivity contribution in [2.24, 2.45) is 0 Å². The Hall–Kier alpha value is -2.62. The zero-order valence-electron chi connectivity index (χ0n) is 17.8. The summed E-state index contributed by atoms with van der Waals surface area (Å²) >= 11 is 0. The molecule has 0 atom stereocenters. The molecule has 2 aromatic carbocycles. The first-order valence-electron chi connectivity index (χ1n) is 10.6.